The van der Waals surface area contributed by atoms with Crippen molar-refractivity contribution < 1.29 is 5.11 Å². The predicted molar refractivity (Wildman–Crippen MR) is 93.4 cm³/mol. The van der Waals surface area contributed by atoms with E-state index < -0.39 is 0 Å². The summed E-state index contributed by atoms with van der Waals surface area (Å²) in [4.78, 5) is 9.48. The van der Waals surface area contributed by atoms with Crippen molar-refractivity contribution in [1.29, 1.82) is 0 Å². The van der Waals surface area contributed by atoms with Crippen LogP contribution in [-0.4, -0.2) is 56.7 Å². The number of hydrogen-bond donors (Lipinski definition) is 1. The molecule has 23 heavy (non-hydrogen) atoms. The molecule has 5 nitrogen and oxygen atoms in total. The highest BCUT2D eigenvalue weighted by molar-refractivity contribution is 7.07. The minimum absolute atomic E-state index is 0.252. The third-order valence-electron chi connectivity index (χ3n) is 4.62. The fourth-order valence-electron chi connectivity index (χ4n) is 3.33. The number of aromatic nitrogens is 2. The van der Waals surface area contributed by atoms with Crippen molar-refractivity contribution in [2.75, 3.05) is 26.2 Å². The largest absolute Gasteiger partial charge is 0.396 e. The molecule has 0 amide bonds. The van der Waals surface area contributed by atoms with E-state index in [1.165, 1.54) is 5.56 Å². The second kappa shape index (κ2) is 8.06. The van der Waals surface area contributed by atoms with Gasteiger partial charge in [0.25, 0.3) is 0 Å². The normalized spacial score (nSPS) is 20.2. The first kappa shape index (κ1) is 16.6. The lowest BCUT2D eigenvalue weighted by Crippen LogP contribution is -2.52. The number of imidazole rings is 1. The van der Waals surface area contributed by atoms with Gasteiger partial charge in [0.05, 0.1) is 6.54 Å². The maximum absolute atomic E-state index is 9.43. The molecule has 0 radical (unpaired) electrons. The quantitative estimate of drug-likeness (QED) is 0.841. The van der Waals surface area contributed by atoms with Crippen molar-refractivity contribution in [1.82, 2.24) is 19.4 Å². The van der Waals surface area contributed by atoms with E-state index in [0.29, 0.717) is 6.04 Å². The van der Waals surface area contributed by atoms with Crippen LogP contribution in [-0.2, 0) is 19.6 Å². The minimum atomic E-state index is 0.252. The van der Waals surface area contributed by atoms with Gasteiger partial charge in [0.15, 0.2) is 0 Å². The Morgan fingerprint density at radius 3 is 3.00 bits per heavy atom. The van der Waals surface area contributed by atoms with Gasteiger partial charge in [-0.05, 0) is 35.7 Å². The molecule has 3 rings (SSSR count). The van der Waals surface area contributed by atoms with E-state index in [-0.39, 0.29) is 6.61 Å². The van der Waals surface area contributed by atoms with E-state index in [1.54, 1.807) is 11.3 Å². The number of hydrogen-bond acceptors (Lipinski definition) is 5. The zero-order valence-electron chi connectivity index (χ0n) is 13.8. The van der Waals surface area contributed by atoms with Gasteiger partial charge >= 0.3 is 0 Å². The lowest BCUT2D eigenvalue weighted by molar-refractivity contribution is 0.0483. The number of aliphatic hydroxyl groups is 1. The average molecular weight is 334 g/mol. The molecule has 1 N–H and O–H groups in total. The second-order valence-electron chi connectivity index (χ2n) is 6.13. The number of nitrogens with zero attached hydrogens (tertiary/aromatic N) is 4. The topological polar surface area (TPSA) is 44.5 Å². The third-order valence-corrected chi connectivity index (χ3v) is 5.36. The van der Waals surface area contributed by atoms with Crippen LogP contribution in [0.25, 0.3) is 0 Å². The molecule has 0 unspecified atom stereocenters. The number of aliphatic hydroxyl groups excluding tert-OH is 1. The highest BCUT2D eigenvalue weighted by atomic mass is 32.1. The van der Waals surface area contributed by atoms with E-state index in [9.17, 15) is 5.11 Å². The lowest BCUT2D eigenvalue weighted by Gasteiger charge is -2.41. The smallest absolute Gasteiger partial charge is 0.122 e. The molecule has 1 aliphatic rings. The molecule has 3 heterocycles. The molecule has 0 bridgehead atoms. The predicted octanol–water partition coefficient (Wildman–Crippen LogP) is 2.03. The van der Waals surface area contributed by atoms with Gasteiger partial charge in [-0.2, -0.15) is 11.3 Å². The van der Waals surface area contributed by atoms with E-state index in [2.05, 4.69) is 43.1 Å². The van der Waals surface area contributed by atoms with Crippen LogP contribution in [0.2, 0.25) is 0 Å². The summed E-state index contributed by atoms with van der Waals surface area (Å²) in [6.07, 6.45) is 4.77. The summed E-state index contributed by atoms with van der Waals surface area (Å²) in [6.45, 7) is 8.37. The Hall–Kier alpha value is -1.21. The Balaban J connectivity index is 1.61. The number of aryl methyl sites for hydroxylation is 1. The maximum atomic E-state index is 9.43. The summed E-state index contributed by atoms with van der Waals surface area (Å²) in [5, 5.41) is 13.8. The summed E-state index contributed by atoms with van der Waals surface area (Å²) < 4.78 is 2.21. The zero-order valence-corrected chi connectivity index (χ0v) is 14.6. The van der Waals surface area contributed by atoms with Crippen molar-refractivity contribution in [3.05, 3.63) is 40.6 Å². The summed E-state index contributed by atoms with van der Waals surface area (Å²) in [7, 11) is 0. The van der Waals surface area contributed by atoms with E-state index in [4.69, 9.17) is 0 Å². The van der Waals surface area contributed by atoms with Crippen LogP contribution in [0, 0.1) is 0 Å². The summed E-state index contributed by atoms with van der Waals surface area (Å²) in [5.41, 5.74) is 1.38. The first-order chi connectivity index (χ1) is 11.3. The highest BCUT2D eigenvalue weighted by Crippen LogP contribution is 2.19. The molecule has 126 valence electrons. The SMILES string of the molecule is CCn1ccnc1CN1CCN(Cc2ccsc2)[C@H](CCO)C1. The molecule has 1 aliphatic heterocycles. The van der Waals surface area contributed by atoms with E-state index >= 15 is 0 Å². The monoisotopic (exact) mass is 334 g/mol. The minimum Gasteiger partial charge on any atom is -0.396 e. The van der Waals surface area contributed by atoms with Gasteiger partial charge in [0, 0.05) is 57.8 Å². The molecule has 0 spiro atoms. The fourth-order valence-corrected chi connectivity index (χ4v) is 3.99. The third kappa shape index (κ3) is 4.20. The highest BCUT2D eigenvalue weighted by Gasteiger charge is 2.27. The lowest BCUT2D eigenvalue weighted by atomic mass is 10.1. The Bertz CT molecular complexity index is 583. The Labute approximate surface area is 142 Å². The van der Waals surface area contributed by atoms with Crippen molar-refractivity contribution in [3.8, 4) is 0 Å². The van der Waals surface area contributed by atoms with Crippen LogP contribution in [0.5, 0.6) is 0 Å². The van der Waals surface area contributed by atoms with Gasteiger partial charge < -0.3 is 9.67 Å². The van der Waals surface area contributed by atoms with Gasteiger partial charge in [0.2, 0.25) is 0 Å². The van der Waals surface area contributed by atoms with Crippen molar-refractivity contribution in [3.63, 3.8) is 0 Å². The van der Waals surface area contributed by atoms with Crippen LogP contribution in [0.15, 0.2) is 29.2 Å². The summed E-state index contributed by atoms with van der Waals surface area (Å²) >= 11 is 1.75. The molecule has 0 saturated carbocycles. The number of piperazine rings is 1. The van der Waals surface area contributed by atoms with Gasteiger partial charge in [-0.15, -0.1) is 0 Å². The van der Waals surface area contributed by atoms with Gasteiger partial charge in [-0.25, -0.2) is 4.98 Å². The average Bonchev–Trinajstić information content (AvgIpc) is 3.21. The number of thiophene rings is 1. The van der Waals surface area contributed by atoms with E-state index in [0.717, 1.165) is 51.5 Å². The molecule has 0 aliphatic carbocycles. The van der Waals surface area contributed by atoms with Crippen LogP contribution in [0.1, 0.15) is 24.7 Å². The molecule has 6 heteroatoms. The van der Waals surface area contributed by atoms with Crippen molar-refractivity contribution in [2.45, 2.75) is 39.0 Å². The molecule has 2 aromatic heterocycles. The molecule has 1 fully saturated rings. The first-order valence-electron chi connectivity index (χ1n) is 8.38. The van der Waals surface area contributed by atoms with Crippen LogP contribution in [0.4, 0.5) is 0 Å². The molecule has 0 aromatic carbocycles. The van der Waals surface area contributed by atoms with Crippen molar-refractivity contribution in [2.24, 2.45) is 0 Å². The molecule has 2 aromatic rings. The zero-order chi connectivity index (χ0) is 16.1. The molecule has 1 saturated heterocycles. The van der Waals surface area contributed by atoms with Crippen LogP contribution in [0.3, 0.4) is 0 Å². The molecular formula is C17H26N4OS. The molecular weight excluding hydrogens is 308 g/mol. The number of rotatable bonds is 7. The fraction of sp³-hybridized carbons (Fsp3) is 0.588. The maximum Gasteiger partial charge on any atom is 0.122 e. The van der Waals surface area contributed by atoms with Gasteiger partial charge in [-0.3, -0.25) is 9.80 Å². The Morgan fingerprint density at radius 1 is 1.35 bits per heavy atom. The standard InChI is InChI=1S/C17H26N4OS/c1-2-20-6-5-18-17(20)13-19-7-8-21(16(12-19)3-9-22)11-15-4-10-23-14-15/h4-6,10,14,16,22H,2-3,7-9,11-13H2,1H3/t16-/m1/s1. The first-order valence-corrected chi connectivity index (χ1v) is 9.32. The second-order valence-corrected chi connectivity index (χ2v) is 6.91. The van der Waals surface area contributed by atoms with E-state index in [1.807, 2.05) is 12.4 Å². The molecule has 1 atom stereocenters. The Morgan fingerprint density at radius 2 is 2.26 bits per heavy atom. The van der Waals surface area contributed by atoms with Crippen LogP contribution >= 0.6 is 11.3 Å². The van der Waals surface area contributed by atoms with Crippen molar-refractivity contribution >= 4 is 11.3 Å². The van der Waals surface area contributed by atoms with Gasteiger partial charge in [-0.1, -0.05) is 0 Å². The summed E-state index contributed by atoms with van der Waals surface area (Å²) in [6, 6.07) is 2.61. The summed E-state index contributed by atoms with van der Waals surface area (Å²) in [5.74, 6) is 1.14. The Kier molecular flexibility index (Phi) is 5.83. The van der Waals surface area contributed by atoms with Crippen LogP contribution < -0.4 is 0 Å². The van der Waals surface area contributed by atoms with Gasteiger partial charge in [0.1, 0.15) is 5.82 Å².